The van der Waals surface area contributed by atoms with Crippen LogP contribution in [0.25, 0.3) is 0 Å². The fraction of sp³-hybridized carbons (Fsp3) is 0.200. The van der Waals surface area contributed by atoms with Gasteiger partial charge in [-0.15, -0.1) is 0 Å². The zero-order chi connectivity index (χ0) is 18.5. The minimum Gasteiger partial charge on any atom is -0.489 e. The van der Waals surface area contributed by atoms with Crippen LogP contribution in [0.1, 0.15) is 19.4 Å². The van der Waals surface area contributed by atoms with Crippen molar-refractivity contribution >= 4 is 34.7 Å². The smallest absolute Gasteiger partial charge is 0.229 e. The molecule has 0 atom stereocenters. The molecule has 2 N–H and O–H groups in total. The van der Waals surface area contributed by atoms with Gasteiger partial charge in [-0.05, 0) is 62.7 Å². The minimum absolute atomic E-state index is 0.0831. The number of aryl methyl sites for hydroxylation is 1. The van der Waals surface area contributed by atoms with Gasteiger partial charge in [-0.3, -0.25) is 0 Å². The molecule has 1 aromatic heterocycles. The molecule has 2 aromatic carbocycles. The average molecular weight is 369 g/mol. The predicted octanol–water partition coefficient (Wildman–Crippen LogP) is 5.71. The Morgan fingerprint density at radius 3 is 2.58 bits per heavy atom. The normalized spacial score (nSPS) is 10.7. The van der Waals surface area contributed by atoms with E-state index in [9.17, 15) is 0 Å². The van der Waals surface area contributed by atoms with Gasteiger partial charge in [0.25, 0.3) is 0 Å². The summed E-state index contributed by atoms with van der Waals surface area (Å²) in [5.41, 5.74) is 2.81. The Kier molecular flexibility index (Phi) is 5.58. The number of hydrogen-bond donors (Lipinski definition) is 2. The van der Waals surface area contributed by atoms with Gasteiger partial charge in [-0.2, -0.15) is 4.98 Å². The molecule has 0 bridgehead atoms. The van der Waals surface area contributed by atoms with E-state index in [2.05, 4.69) is 20.6 Å². The summed E-state index contributed by atoms with van der Waals surface area (Å²) in [6.07, 6.45) is 1.79. The lowest BCUT2D eigenvalue weighted by atomic mass is 10.2. The van der Waals surface area contributed by atoms with E-state index in [0.717, 1.165) is 22.7 Å². The Hall–Kier alpha value is -2.79. The number of rotatable bonds is 6. The van der Waals surface area contributed by atoms with Gasteiger partial charge in [0.15, 0.2) is 0 Å². The maximum absolute atomic E-state index is 6.01. The number of nitrogens with zero attached hydrogens (tertiary/aromatic N) is 2. The first-order valence-electron chi connectivity index (χ1n) is 8.40. The van der Waals surface area contributed by atoms with Crippen molar-refractivity contribution in [3.63, 3.8) is 0 Å². The lowest BCUT2D eigenvalue weighted by molar-refractivity contribution is 0.244. The molecule has 0 spiro atoms. The lowest BCUT2D eigenvalue weighted by Crippen LogP contribution is -2.08. The standard InChI is InChI=1S/C20H21ClN4O/c1-13(2)26-18-7-5-4-6-17(18)24-20-22-11-10-19(25-20)23-16-9-8-15(21)12-14(16)3/h4-13H,1-3H3,(H2,22,23,24,25). The van der Waals surface area contributed by atoms with E-state index >= 15 is 0 Å². The number of benzene rings is 2. The third-order valence-electron chi connectivity index (χ3n) is 3.60. The van der Waals surface area contributed by atoms with Crippen LogP contribution in [0.2, 0.25) is 5.02 Å². The van der Waals surface area contributed by atoms with Crippen LogP contribution >= 0.6 is 11.6 Å². The molecule has 0 saturated heterocycles. The highest BCUT2D eigenvalue weighted by molar-refractivity contribution is 6.30. The van der Waals surface area contributed by atoms with Crippen LogP contribution in [0.15, 0.2) is 54.7 Å². The molecule has 0 radical (unpaired) electrons. The van der Waals surface area contributed by atoms with E-state index < -0.39 is 0 Å². The van der Waals surface area contributed by atoms with Crippen molar-refractivity contribution in [2.75, 3.05) is 10.6 Å². The molecule has 0 fully saturated rings. The Morgan fingerprint density at radius 1 is 1.00 bits per heavy atom. The molecule has 26 heavy (non-hydrogen) atoms. The van der Waals surface area contributed by atoms with Crippen LogP contribution in [-0.4, -0.2) is 16.1 Å². The van der Waals surface area contributed by atoms with E-state index in [1.54, 1.807) is 6.20 Å². The van der Waals surface area contributed by atoms with Gasteiger partial charge in [-0.25, -0.2) is 4.98 Å². The van der Waals surface area contributed by atoms with Crippen LogP contribution < -0.4 is 15.4 Å². The van der Waals surface area contributed by atoms with Gasteiger partial charge in [0, 0.05) is 16.9 Å². The van der Waals surface area contributed by atoms with E-state index in [0.29, 0.717) is 16.8 Å². The second kappa shape index (κ2) is 8.06. The van der Waals surface area contributed by atoms with Crippen LogP contribution in [-0.2, 0) is 0 Å². The molecule has 0 aliphatic heterocycles. The zero-order valence-corrected chi connectivity index (χ0v) is 15.7. The molecular weight excluding hydrogens is 348 g/mol. The van der Waals surface area contributed by atoms with Crippen LogP contribution in [0.4, 0.5) is 23.1 Å². The summed E-state index contributed by atoms with van der Waals surface area (Å²) in [5, 5.41) is 7.22. The van der Waals surface area contributed by atoms with Crippen LogP contribution in [0.5, 0.6) is 5.75 Å². The summed E-state index contributed by atoms with van der Waals surface area (Å²) >= 11 is 6.01. The maximum atomic E-state index is 6.01. The molecular formula is C20H21ClN4O. The van der Waals surface area contributed by atoms with Gasteiger partial charge in [-0.1, -0.05) is 23.7 Å². The van der Waals surface area contributed by atoms with Crippen molar-refractivity contribution in [3.8, 4) is 5.75 Å². The lowest BCUT2D eigenvalue weighted by Gasteiger charge is -2.15. The number of hydrogen-bond acceptors (Lipinski definition) is 5. The van der Waals surface area contributed by atoms with Crippen molar-refractivity contribution in [2.24, 2.45) is 0 Å². The van der Waals surface area contributed by atoms with Crippen molar-refractivity contribution < 1.29 is 4.74 Å². The third-order valence-corrected chi connectivity index (χ3v) is 3.84. The largest absolute Gasteiger partial charge is 0.489 e. The van der Waals surface area contributed by atoms with Crippen molar-refractivity contribution in [1.29, 1.82) is 0 Å². The Morgan fingerprint density at radius 2 is 1.81 bits per heavy atom. The molecule has 6 heteroatoms. The second-order valence-corrected chi connectivity index (χ2v) is 6.57. The first-order chi connectivity index (χ1) is 12.5. The molecule has 134 valence electrons. The maximum Gasteiger partial charge on any atom is 0.229 e. The minimum atomic E-state index is 0.0831. The molecule has 0 saturated carbocycles. The summed E-state index contributed by atoms with van der Waals surface area (Å²) < 4.78 is 5.82. The molecule has 0 aliphatic rings. The fourth-order valence-corrected chi connectivity index (χ4v) is 2.67. The number of nitrogens with one attached hydrogen (secondary N) is 2. The summed E-state index contributed by atoms with van der Waals surface area (Å²) in [6, 6.07) is 15.2. The van der Waals surface area contributed by atoms with Crippen molar-refractivity contribution in [1.82, 2.24) is 9.97 Å². The average Bonchev–Trinajstić information content (AvgIpc) is 2.59. The molecule has 1 heterocycles. The van der Waals surface area contributed by atoms with E-state index in [1.165, 1.54) is 0 Å². The Bertz CT molecular complexity index is 898. The molecule has 5 nitrogen and oxygen atoms in total. The molecule has 0 amide bonds. The van der Waals surface area contributed by atoms with E-state index in [4.69, 9.17) is 16.3 Å². The third kappa shape index (κ3) is 4.64. The monoisotopic (exact) mass is 368 g/mol. The van der Waals surface area contributed by atoms with Crippen LogP contribution in [0.3, 0.4) is 0 Å². The van der Waals surface area contributed by atoms with Crippen LogP contribution in [0, 0.1) is 6.92 Å². The van der Waals surface area contributed by atoms with E-state index in [-0.39, 0.29) is 6.10 Å². The first-order valence-corrected chi connectivity index (χ1v) is 8.78. The van der Waals surface area contributed by atoms with Gasteiger partial charge in [0.05, 0.1) is 11.8 Å². The summed E-state index contributed by atoms with van der Waals surface area (Å²) in [6.45, 7) is 5.98. The number of para-hydroxylation sites is 2. The first kappa shape index (κ1) is 18.0. The van der Waals surface area contributed by atoms with Gasteiger partial charge < -0.3 is 15.4 Å². The quantitative estimate of drug-likeness (QED) is 0.583. The zero-order valence-electron chi connectivity index (χ0n) is 15.0. The number of anilines is 4. The number of halogens is 1. The summed E-state index contributed by atoms with van der Waals surface area (Å²) in [5.74, 6) is 1.94. The molecule has 0 unspecified atom stereocenters. The number of ether oxygens (including phenoxy) is 1. The van der Waals surface area contributed by atoms with Gasteiger partial charge >= 0.3 is 0 Å². The Labute approximate surface area is 158 Å². The van der Waals surface area contributed by atoms with E-state index in [1.807, 2.05) is 69.3 Å². The highest BCUT2D eigenvalue weighted by Gasteiger charge is 2.08. The molecule has 3 rings (SSSR count). The number of aromatic nitrogens is 2. The van der Waals surface area contributed by atoms with Crippen molar-refractivity contribution in [2.45, 2.75) is 26.9 Å². The highest BCUT2D eigenvalue weighted by Crippen LogP contribution is 2.28. The molecule has 0 aliphatic carbocycles. The van der Waals surface area contributed by atoms with Gasteiger partial charge in [0.1, 0.15) is 11.6 Å². The summed E-state index contributed by atoms with van der Waals surface area (Å²) in [4.78, 5) is 8.82. The second-order valence-electron chi connectivity index (χ2n) is 6.14. The topological polar surface area (TPSA) is 59.1 Å². The SMILES string of the molecule is Cc1cc(Cl)ccc1Nc1ccnc(Nc2ccccc2OC(C)C)n1. The fourth-order valence-electron chi connectivity index (χ4n) is 2.44. The highest BCUT2D eigenvalue weighted by atomic mass is 35.5. The Balaban J connectivity index is 1.80. The predicted molar refractivity (Wildman–Crippen MR) is 107 cm³/mol. The summed E-state index contributed by atoms with van der Waals surface area (Å²) in [7, 11) is 0. The molecule has 3 aromatic rings. The van der Waals surface area contributed by atoms with Crippen molar-refractivity contribution in [3.05, 3.63) is 65.3 Å². The van der Waals surface area contributed by atoms with Gasteiger partial charge in [0.2, 0.25) is 5.95 Å².